The predicted octanol–water partition coefficient (Wildman–Crippen LogP) is 2.02. The van der Waals surface area contributed by atoms with Crippen LogP contribution in [0.25, 0.3) is 0 Å². The van der Waals surface area contributed by atoms with Crippen molar-refractivity contribution >= 4 is 21.6 Å². The van der Waals surface area contributed by atoms with Crippen LogP contribution < -0.4 is 14.4 Å². The Bertz CT molecular complexity index is 955. The van der Waals surface area contributed by atoms with Crippen molar-refractivity contribution < 1.29 is 17.9 Å². The normalized spacial score (nSPS) is 15.8. The molecule has 1 heterocycles. The molecule has 0 unspecified atom stereocenters. The highest BCUT2D eigenvalue weighted by atomic mass is 32.2. The lowest BCUT2D eigenvalue weighted by molar-refractivity contribution is -0.132. The summed E-state index contributed by atoms with van der Waals surface area (Å²) >= 11 is 0. The number of hydrogen-bond acceptors (Lipinski definition) is 5. The second-order valence-electron chi connectivity index (χ2n) is 7.15. The molecule has 156 valence electrons. The molecule has 0 bridgehead atoms. The number of ether oxygens (including phenoxy) is 1. The fourth-order valence-electron chi connectivity index (χ4n) is 3.44. The second-order valence-corrected chi connectivity index (χ2v) is 8.83. The number of benzene rings is 2. The third-order valence-corrected chi connectivity index (χ3v) is 6.59. The molecule has 0 saturated carbocycles. The van der Waals surface area contributed by atoms with Gasteiger partial charge in [-0.25, -0.2) is 8.42 Å². The Balaban J connectivity index is 1.64. The zero-order chi connectivity index (χ0) is 21.0. The van der Waals surface area contributed by atoms with E-state index < -0.39 is 16.1 Å². The molecule has 0 aliphatic carbocycles. The van der Waals surface area contributed by atoms with Crippen LogP contribution >= 0.6 is 0 Å². The van der Waals surface area contributed by atoms with Gasteiger partial charge in [-0.15, -0.1) is 0 Å². The summed E-state index contributed by atoms with van der Waals surface area (Å²) in [7, 11) is -2.47. The number of amides is 1. The van der Waals surface area contributed by atoms with Crippen LogP contribution in [0.15, 0.2) is 53.4 Å². The maximum atomic E-state index is 12.8. The molecule has 7 nitrogen and oxygen atoms in total. The molecule has 0 aromatic heterocycles. The summed E-state index contributed by atoms with van der Waals surface area (Å²) in [6.07, 6.45) is 0. The van der Waals surface area contributed by atoms with E-state index in [1.807, 2.05) is 30.3 Å². The number of hydrogen-bond donors (Lipinski definition) is 1. The average molecular weight is 418 g/mol. The van der Waals surface area contributed by atoms with Gasteiger partial charge in [0.25, 0.3) is 0 Å². The van der Waals surface area contributed by atoms with Crippen LogP contribution in [0.5, 0.6) is 5.75 Å². The zero-order valence-electron chi connectivity index (χ0n) is 17.0. The first-order valence-electron chi connectivity index (χ1n) is 9.57. The highest BCUT2D eigenvalue weighted by Gasteiger charge is 2.29. The summed E-state index contributed by atoms with van der Waals surface area (Å²) in [5.41, 5.74) is 1.92. The van der Waals surface area contributed by atoms with Crippen molar-refractivity contribution in [2.24, 2.45) is 0 Å². The van der Waals surface area contributed by atoms with Crippen molar-refractivity contribution in [2.75, 3.05) is 38.2 Å². The van der Waals surface area contributed by atoms with Crippen molar-refractivity contribution in [3.8, 4) is 5.75 Å². The number of carbonyl (C=O) groups is 1. The van der Waals surface area contributed by atoms with Crippen LogP contribution in [-0.2, 0) is 14.8 Å². The van der Waals surface area contributed by atoms with Crippen LogP contribution in [0.4, 0.5) is 5.69 Å². The lowest BCUT2D eigenvalue weighted by Gasteiger charge is -2.37. The Morgan fingerprint density at radius 1 is 1.07 bits per heavy atom. The van der Waals surface area contributed by atoms with Crippen LogP contribution in [0.2, 0.25) is 0 Å². The maximum Gasteiger partial charge on any atom is 0.244 e. The minimum atomic E-state index is -3.90. The number of nitrogens with one attached hydrogen (secondary N) is 1. The number of anilines is 1. The van der Waals surface area contributed by atoms with Gasteiger partial charge in [0.2, 0.25) is 15.9 Å². The second kappa shape index (κ2) is 8.84. The van der Waals surface area contributed by atoms with Gasteiger partial charge in [-0.1, -0.05) is 24.3 Å². The van der Waals surface area contributed by atoms with Gasteiger partial charge in [0.1, 0.15) is 10.6 Å². The molecule has 2 aromatic carbocycles. The fraction of sp³-hybridized carbons (Fsp3) is 0.381. The molecule has 1 saturated heterocycles. The first-order valence-corrected chi connectivity index (χ1v) is 11.1. The van der Waals surface area contributed by atoms with E-state index in [1.54, 1.807) is 30.9 Å². The van der Waals surface area contributed by atoms with Gasteiger partial charge in [0.15, 0.2) is 0 Å². The standard InChI is InChI=1S/C21H27N3O4S/c1-16-9-10-19(28-3)20(15-16)29(26,27)22-17(2)21(25)24-13-11-23(12-14-24)18-7-5-4-6-8-18/h4-10,15,17,22H,11-14H2,1-3H3/t17-/m0/s1. The minimum Gasteiger partial charge on any atom is -0.495 e. The molecule has 1 amide bonds. The van der Waals surface area contributed by atoms with Gasteiger partial charge in [-0.05, 0) is 43.7 Å². The Morgan fingerprint density at radius 2 is 1.72 bits per heavy atom. The molecule has 1 atom stereocenters. The summed E-state index contributed by atoms with van der Waals surface area (Å²) in [5, 5.41) is 0. The molecule has 1 aliphatic rings. The molecule has 1 N–H and O–H groups in total. The summed E-state index contributed by atoms with van der Waals surface area (Å²) in [4.78, 5) is 16.8. The molecule has 1 aliphatic heterocycles. The van der Waals surface area contributed by atoms with Gasteiger partial charge >= 0.3 is 0 Å². The number of nitrogens with zero attached hydrogens (tertiary/aromatic N) is 2. The number of carbonyl (C=O) groups excluding carboxylic acids is 1. The van der Waals surface area contributed by atoms with E-state index in [2.05, 4.69) is 9.62 Å². The van der Waals surface area contributed by atoms with E-state index in [1.165, 1.54) is 13.2 Å². The number of rotatable bonds is 6. The quantitative estimate of drug-likeness (QED) is 0.778. The van der Waals surface area contributed by atoms with E-state index in [0.29, 0.717) is 26.2 Å². The van der Waals surface area contributed by atoms with Gasteiger partial charge in [-0.3, -0.25) is 4.79 Å². The molecule has 2 aromatic rings. The van der Waals surface area contributed by atoms with E-state index >= 15 is 0 Å². The van der Waals surface area contributed by atoms with Crippen molar-refractivity contribution in [2.45, 2.75) is 24.8 Å². The van der Waals surface area contributed by atoms with E-state index in [4.69, 9.17) is 4.74 Å². The Morgan fingerprint density at radius 3 is 2.34 bits per heavy atom. The van der Waals surface area contributed by atoms with Gasteiger partial charge in [-0.2, -0.15) is 4.72 Å². The highest BCUT2D eigenvalue weighted by molar-refractivity contribution is 7.89. The molecular weight excluding hydrogens is 390 g/mol. The number of methoxy groups -OCH3 is 1. The van der Waals surface area contributed by atoms with Crippen LogP contribution in [0.3, 0.4) is 0 Å². The van der Waals surface area contributed by atoms with E-state index in [0.717, 1.165) is 11.3 Å². The number of para-hydroxylation sites is 1. The average Bonchev–Trinajstić information content (AvgIpc) is 2.73. The monoisotopic (exact) mass is 417 g/mol. The van der Waals surface area contributed by atoms with Crippen molar-refractivity contribution in [1.82, 2.24) is 9.62 Å². The van der Waals surface area contributed by atoms with Crippen LogP contribution in [-0.4, -0.2) is 58.6 Å². The fourth-order valence-corrected chi connectivity index (χ4v) is 4.89. The molecule has 0 radical (unpaired) electrons. The SMILES string of the molecule is COc1ccc(C)cc1S(=O)(=O)N[C@@H](C)C(=O)N1CCN(c2ccccc2)CC1. The lowest BCUT2D eigenvalue weighted by atomic mass is 10.2. The highest BCUT2D eigenvalue weighted by Crippen LogP contribution is 2.25. The van der Waals surface area contributed by atoms with E-state index in [-0.39, 0.29) is 16.6 Å². The third-order valence-electron chi connectivity index (χ3n) is 5.02. The molecule has 29 heavy (non-hydrogen) atoms. The maximum absolute atomic E-state index is 12.8. The van der Waals surface area contributed by atoms with Crippen LogP contribution in [0, 0.1) is 6.92 Å². The van der Waals surface area contributed by atoms with E-state index in [9.17, 15) is 13.2 Å². The smallest absolute Gasteiger partial charge is 0.244 e. The van der Waals surface area contributed by atoms with Gasteiger partial charge < -0.3 is 14.5 Å². The largest absolute Gasteiger partial charge is 0.495 e. The molecular formula is C21H27N3O4S. The molecule has 1 fully saturated rings. The lowest BCUT2D eigenvalue weighted by Crippen LogP contribution is -2.54. The van der Waals surface area contributed by atoms with Gasteiger partial charge in [0, 0.05) is 31.9 Å². The topological polar surface area (TPSA) is 78.9 Å². The molecule has 0 spiro atoms. The zero-order valence-corrected chi connectivity index (χ0v) is 17.8. The summed E-state index contributed by atoms with van der Waals surface area (Å²) in [5.74, 6) is 0.0205. The summed E-state index contributed by atoms with van der Waals surface area (Å²) < 4.78 is 33.3. The Labute approximate surface area is 172 Å². The molecule has 3 rings (SSSR count). The number of piperazine rings is 1. The van der Waals surface area contributed by atoms with Crippen LogP contribution in [0.1, 0.15) is 12.5 Å². The van der Waals surface area contributed by atoms with Crippen molar-refractivity contribution in [1.29, 1.82) is 0 Å². The number of sulfonamides is 1. The van der Waals surface area contributed by atoms with Crippen molar-refractivity contribution in [3.63, 3.8) is 0 Å². The Kier molecular flexibility index (Phi) is 6.44. The summed E-state index contributed by atoms with van der Waals surface area (Å²) in [6, 6.07) is 14.1. The predicted molar refractivity (Wildman–Crippen MR) is 113 cm³/mol. The number of aryl methyl sites for hydroxylation is 1. The third kappa shape index (κ3) is 4.89. The summed E-state index contributed by atoms with van der Waals surface area (Å²) in [6.45, 7) is 5.90. The molecule has 8 heteroatoms. The first-order chi connectivity index (χ1) is 13.8. The van der Waals surface area contributed by atoms with Gasteiger partial charge in [0.05, 0.1) is 13.2 Å². The van der Waals surface area contributed by atoms with Crippen molar-refractivity contribution in [3.05, 3.63) is 54.1 Å². The Hall–Kier alpha value is -2.58. The minimum absolute atomic E-state index is 0.0357. The first kappa shape index (κ1) is 21.1.